The Hall–Kier alpha value is -0.640. The van der Waals surface area contributed by atoms with Gasteiger partial charge in [0.2, 0.25) is 10.0 Å². The van der Waals surface area contributed by atoms with E-state index >= 15 is 0 Å². The number of alkyl halides is 1. The maximum atomic E-state index is 12.3. The zero-order valence-corrected chi connectivity index (χ0v) is 13.2. The van der Waals surface area contributed by atoms with Gasteiger partial charge in [-0.05, 0) is 6.42 Å². The minimum absolute atomic E-state index is 0.00245. The SMILES string of the molecule is O=S1(=O)CCN(S(=O)(=O)c2cnn(CCCCl)c2)CC1. The van der Waals surface area contributed by atoms with Gasteiger partial charge in [-0.3, -0.25) is 4.68 Å². The number of hydrogen-bond donors (Lipinski definition) is 0. The summed E-state index contributed by atoms with van der Waals surface area (Å²) in [6, 6.07) is 0. The minimum Gasteiger partial charge on any atom is -0.271 e. The molecule has 20 heavy (non-hydrogen) atoms. The Morgan fingerprint density at radius 1 is 1.30 bits per heavy atom. The van der Waals surface area contributed by atoms with Crippen molar-refractivity contribution in [3.05, 3.63) is 12.4 Å². The summed E-state index contributed by atoms with van der Waals surface area (Å²) in [6.07, 6.45) is 3.43. The van der Waals surface area contributed by atoms with Gasteiger partial charge in [-0.15, -0.1) is 11.6 Å². The van der Waals surface area contributed by atoms with Crippen LogP contribution in [-0.2, 0) is 26.4 Å². The van der Waals surface area contributed by atoms with Gasteiger partial charge in [0, 0.05) is 31.7 Å². The molecule has 1 aliphatic rings. The number of nitrogens with zero attached hydrogens (tertiary/aromatic N) is 3. The lowest BCUT2D eigenvalue weighted by molar-refractivity contribution is 0.430. The van der Waals surface area contributed by atoms with Gasteiger partial charge in [-0.25, -0.2) is 16.8 Å². The topological polar surface area (TPSA) is 89.3 Å². The van der Waals surface area contributed by atoms with E-state index in [1.54, 1.807) is 0 Å². The number of aromatic nitrogens is 2. The van der Waals surface area contributed by atoms with Crippen molar-refractivity contribution in [2.24, 2.45) is 0 Å². The molecule has 1 aromatic heterocycles. The van der Waals surface area contributed by atoms with Crippen LogP contribution in [0, 0.1) is 0 Å². The van der Waals surface area contributed by atoms with Crippen molar-refractivity contribution in [3.63, 3.8) is 0 Å². The van der Waals surface area contributed by atoms with Gasteiger partial charge < -0.3 is 0 Å². The van der Waals surface area contributed by atoms with E-state index in [1.165, 1.54) is 21.4 Å². The maximum Gasteiger partial charge on any atom is 0.246 e. The van der Waals surface area contributed by atoms with Crippen LogP contribution in [0.15, 0.2) is 17.3 Å². The number of halogens is 1. The Morgan fingerprint density at radius 2 is 1.95 bits per heavy atom. The van der Waals surface area contributed by atoms with E-state index in [2.05, 4.69) is 5.10 Å². The van der Waals surface area contributed by atoms with Crippen molar-refractivity contribution >= 4 is 31.5 Å². The summed E-state index contributed by atoms with van der Waals surface area (Å²) in [6.45, 7) is 0.544. The van der Waals surface area contributed by atoms with E-state index in [0.717, 1.165) is 0 Å². The van der Waals surface area contributed by atoms with Gasteiger partial charge in [0.1, 0.15) is 4.90 Å². The molecule has 1 fully saturated rings. The van der Waals surface area contributed by atoms with Crippen LogP contribution < -0.4 is 0 Å². The molecular weight excluding hydrogens is 326 g/mol. The van der Waals surface area contributed by atoms with Crippen molar-refractivity contribution in [1.29, 1.82) is 0 Å². The largest absolute Gasteiger partial charge is 0.271 e. The first-order valence-corrected chi connectivity index (χ1v) is 9.94. The fourth-order valence-corrected chi connectivity index (χ4v) is 4.86. The highest BCUT2D eigenvalue weighted by molar-refractivity contribution is 7.92. The maximum absolute atomic E-state index is 12.3. The summed E-state index contributed by atoms with van der Waals surface area (Å²) in [5.74, 6) is 0.213. The summed E-state index contributed by atoms with van der Waals surface area (Å²) in [5.41, 5.74) is 0. The normalized spacial score (nSPS) is 20.1. The molecule has 114 valence electrons. The van der Waals surface area contributed by atoms with Crippen molar-refractivity contribution in [2.75, 3.05) is 30.5 Å². The molecule has 2 rings (SSSR count). The highest BCUT2D eigenvalue weighted by atomic mass is 35.5. The Labute approximate surface area is 123 Å². The summed E-state index contributed by atoms with van der Waals surface area (Å²) >= 11 is 5.57. The molecule has 2 heterocycles. The van der Waals surface area contributed by atoms with E-state index in [1.807, 2.05) is 0 Å². The molecule has 1 aliphatic heterocycles. The van der Waals surface area contributed by atoms with Gasteiger partial charge >= 0.3 is 0 Å². The molecule has 7 nitrogen and oxygen atoms in total. The molecule has 0 aromatic carbocycles. The molecule has 0 bridgehead atoms. The van der Waals surface area contributed by atoms with Crippen LogP contribution in [-0.4, -0.2) is 61.4 Å². The molecule has 0 unspecified atom stereocenters. The number of hydrogen-bond acceptors (Lipinski definition) is 5. The average molecular weight is 342 g/mol. The van der Waals surface area contributed by atoms with E-state index in [-0.39, 0.29) is 29.5 Å². The van der Waals surface area contributed by atoms with Crippen LogP contribution in [0.2, 0.25) is 0 Å². The third-order valence-electron chi connectivity index (χ3n) is 3.07. The Bertz CT molecular complexity index is 654. The predicted molar refractivity (Wildman–Crippen MR) is 75.0 cm³/mol. The Kier molecular flexibility index (Phi) is 4.73. The number of sulfonamides is 1. The smallest absolute Gasteiger partial charge is 0.246 e. The van der Waals surface area contributed by atoms with E-state index in [0.29, 0.717) is 18.8 Å². The highest BCUT2D eigenvalue weighted by Gasteiger charge is 2.31. The third kappa shape index (κ3) is 3.51. The van der Waals surface area contributed by atoms with E-state index < -0.39 is 19.9 Å². The zero-order chi connectivity index (χ0) is 14.8. The van der Waals surface area contributed by atoms with Crippen molar-refractivity contribution in [1.82, 2.24) is 14.1 Å². The monoisotopic (exact) mass is 341 g/mol. The molecule has 10 heteroatoms. The lowest BCUT2D eigenvalue weighted by Gasteiger charge is -2.25. The van der Waals surface area contributed by atoms with Crippen LogP contribution in [0.5, 0.6) is 0 Å². The Morgan fingerprint density at radius 3 is 2.55 bits per heavy atom. The van der Waals surface area contributed by atoms with Crippen LogP contribution >= 0.6 is 11.6 Å². The molecule has 0 spiro atoms. The molecule has 1 saturated heterocycles. The molecule has 0 aliphatic carbocycles. The first-order valence-electron chi connectivity index (χ1n) is 6.14. The Balaban J connectivity index is 2.12. The first-order chi connectivity index (χ1) is 9.35. The number of rotatable bonds is 5. The molecule has 1 aromatic rings. The van der Waals surface area contributed by atoms with Crippen molar-refractivity contribution < 1.29 is 16.8 Å². The fourth-order valence-electron chi connectivity index (χ4n) is 1.91. The van der Waals surface area contributed by atoms with Gasteiger partial charge in [0.05, 0.1) is 17.7 Å². The summed E-state index contributed by atoms with van der Waals surface area (Å²) < 4.78 is 50.1. The molecule has 0 saturated carbocycles. The second-order valence-electron chi connectivity index (χ2n) is 4.54. The van der Waals surface area contributed by atoms with Crippen LogP contribution in [0.1, 0.15) is 6.42 Å². The van der Waals surface area contributed by atoms with E-state index in [9.17, 15) is 16.8 Å². The summed E-state index contributed by atoms with van der Waals surface area (Å²) in [5, 5.41) is 3.98. The van der Waals surface area contributed by atoms with Gasteiger partial charge in [-0.1, -0.05) is 0 Å². The van der Waals surface area contributed by atoms with Crippen LogP contribution in [0.25, 0.3) is 0 Å². The molecule has 0 amide bonds. The lowest BCUT2D eigenvalue weighted by atomic mass is 10.5. The predicted octanol–water partition coefficient (Wildman–Crippen LogP) is -0.0689. The molecule has 0 atom stereocenters. The van der Waals surface area contributed by atoms with Crippen molar-refractivity contribution in [2.45, 2.75) is 17.9 Å². The molecule has 0 N–H and O–H groups in total. The van der Waals surface area contributed by atoms with E-state index in [4.69, 9.17) is 11.6 Å². The quantitative estimate of drug-likeness (QED) is 0.699. The fraction of sp³-hybridized carbons (Fsp3) is 0.700. The lowest BCUT2D eigenvalue weighted by Crippen LogP contribution is -2.43. The minimum atomic E-state index is -3.66. The first kappa shape index (κ1) is 15.7. The average Bonchev–Trinajstić information content (AvgIpc) is 2.85. The number of sulfone groups is 1. The summed E-state index contributed by atoms with van der Waals surface area (Å²) in [7, 11) is -6.77. The van der Waals surface area contributed by atoms with Gasteiger partial charge in [-0.2, -0.15) is 9.40 Å². The second kappa shape index (κ2) is 6.00. The van der Waals surface area contributed by atoms with Gasteiger partial charge in [0.25, 0.3) is 0 Å². The molecule has 0 radical (unpaired) electrons. The highest BCUT2D eigenvalue weighted by Crippen LogP contribution is 2.17. The van der Waals surface area contributed by atoms with Crippen LogP contribution in [0.4, 0.5) is 0 Å². The second-order valence-corrected chi connectivity index (χ2v) is 9.16. The van der Waals surface area contributed by atoms with Crippen molar-refractivity contribution in [3.8, 4) is 0 Å². The standard InChI is InChI=1S/C10H16ClN3O4S2/c11-2-1-3-13-9-10(8-12-13)20(17,18)14-4-6-19(15,16)7-5-14/h8-9H,1-7H2. The molecular formula is C10H16ClN3O4S2. The zero-order valence-electron chi connectivity index (χ0n) is 10.8. The van der Waals surface area contributed by atoms with Crippen LogP contribution in [0.3, 0.4) is 0 Å². The van der Waals surface area contributed by atoms with Gasteiger partial charge in [0.15, 0.2) is 9.84 Å². The summed E-state index contributed by atoms with van der Waals surface area (Å²) in [4.78, 5) is 0.0892. The third-order valence-corrected chi connectivity index (χ3v) is 6.80. The number of aryl methyl sites for hydroxylation is 1.